The number of ether oxygens (including phenoxy) is 1. The predicted molar refractivity (Wildman–Crippen MR) is 87.6 cm³/mol. The van der Waals surface area contributed by atoms with Crippen LogP contribution in [-0.2, 0) is 19.1 Å². The van der Waals surface area contributed by atoms with E-state index in [4.69, 9.17) is 4.74 Å². The molecular weight excluding hydrogens is 308 g/mol. The molecular formula is C19H22O5. The Morgan fingerprint density at radius 3 is 2.29 bits per heavy atom. The third-order valence-electron chi connectivity index (χ3n) is 4.56. The van der Waals surface area contributed by atoms with Crippen molar-refractivity contribution >= 4 is 23.3 Å². The molecule has 0 heterocycles. The molecule has 5 nitrogen and oxygen atoms in total. The second kappa shape index (κ2) is 7.99. The van der Waals surface area contributed by atoms with Gasteiger partial charge in [-0.1, -0.05) is 18.2 Å². The number of ketones is 3. The zero-order valence-corrected chi connectivity index (χ0v) is 13.9. The summed E-state index contributed by atoms with van der Waals surface area (Å²) in [5.74, 6) is -0.536. The lowest BCUT2D eigenvalue weighted by Crippen LogP contribution is -2.29. The molecule has 128 valence electrons. The fourth-order valence-corrected chi connectivity index (χ4v) is 2.82. The van der Waals surface area contributed by atoms with Crippen molar-refractivity contribution in [3.63, 3.8) is 0 Å². The van der Waals surface area contributed by atoms with Crippen LogP contribution >= 0.6 is 0 Å². The summed E-state index contributed by atoms with van der Waals surface area (Å²) >= 11 is 0. The SMILES string of the molecule is CC1(CCC(=O)CCCOC(=O)c2ccccc2)C(=O)CCC1=O. The summed E-state index contributed by atoms with van der Waals surface area (Å²) < 4.78 is 5.11. The van der Waals surface area contributed by atoms with Crippen LogP contribution in [-0.4, -0.2) is 29.9 Å². The van der Waals surface area contributed by atoms with Crippen LogP contribution in [0, 0.1) is 5.41 Å². The molecule has 24 heavy (non-hydrogen) atoms. The van der Waals surface area contributed by atoms with Crippen molar-refractivity contribution in [2.45, 2.75) is 45.4 Å². The topological polar surface area (TPSA) is 77.5 Å². The standard InChI is InChI=1S/C19H22O5/c1-19(16(21)9-10-17(19)22)12-11-15(20)8-5-13-24-18(23)14-6-3-2-4-7-14/h2-4,6-7H,5,8-13H2,1H3. The second-order valence-electron chi connectivity index (χ2n) is 6.32. The molecule has 2 rings (SSSR count). The molecule has 5 heteroatoms. The average molecular weight is 330 g/mol. The van der Waals surface area contributed by atoms with Gasteiger partial charge in [0.2, 0.25) is 0 Å². The minimum absolute atomic E-state index is 0.0144. The van der Waals surface area contributed by atoms with E-state index in [-0.39, 0.29) is 43.2 Å². The van der Waals surface area contributed by atoms with E-state index < -0.39 is 11.4 Å². The average Bonchev–Trinajstić information content (AvgIpc) is 2.85. The Kier molecular flexibility index (Phi) is 6.01. The molecule has 0 aromatic heterocycles. The van der Waals surface area contributed by atoms with E-state index in [0.29, 0.717) is 24.8 Å². The maximum Gasteiger partial charge on any atom is 0.338 e. The molecule has 0 N–H and O–H groups in total. The highest BCUT2D eigenvalue weighted by atomic mass is 16.5. The van der Waals surface area contributed by atoms with Crippen molar-refractivity contribution in [2.75, 3.05) is 6.61 Å². The van der Waals surface area contributed by atoms with Crippen molar-refractivity contribution in [1.82, 2.24) is 0 Å². The number of benzene rings is 1. The molecule has 0 unspecified atom stereocenters. The third-order valence-corrected chi connectivity index (χ3v) is 4.56. The number of hydrogen-bond donors (Lipinski definition) is 0. The molecule has 0 radical (unpaired) electrons. The fourth-order valence-electron chi connectivity index (χ4n) is 2.82. The molecule has 1 saturated carbocycles. The Bertz CT molecular complexity index is 616. The molecule has 1 aliphatic carbocycles. The first-order chi connectivity index (χ1) is 11.4. The van der Waals surface area contributed by atoms with Crippen LogP contribution < -0.4 is 0 Å². The van der Waals surface area contributed by atoms with Crippen LogP contribution in [0.3, 0.4) is 0 Å². The lowest BCUT2D eigenvalue weighted by atomic mass is 9.81. The fraction of sp³-hybridized carbons (Fsp3) is 0.474. The van der Waals surface area contributed by atoms with Gasteiger partial charge in [-0.3, -0.25) is 14.4 Å². The molecule has 1 aromatic carbocycles. The van der Waals surface area contributed by atoms with E-state index >= 15 is 0 Å². The number of carbonyl (C=O) groups excluding carboxylic acids is 4. The number of rotatable bonds is 8. The van der Waals surface area contributed by atoms with Crippen molar-refractivity contribution in [3.05, 3.63) is 35.9 Å². The van der Waals surface area contributed by atoms with Crippen molar-refractivity contribution < 1.29 is 23.9 Å². The summed E-state index contributed by atoms with van der Waals surface area (Å²) in [6, 6.07) is 8.67. The number of esters is 1. The summed E-state index contributed by atoms with van der Waals surface area (Å²) in [5.41, 5.74) is -0.495. The van der Waals surface area contributed by atoms with E-state index in [9.17, 15) is 19.2 Å². The lowest BCUT2D eigenvalue weighted by Gasteiger charge is -2.19. The lowest BCUT2D eigenvalue weighted by molar-refractivity contribution is -0.134. The molecule has 1 fully saturated rings. The van der Waals surface area contributed by atoms with Gasteiger partial charge >= 0.3 is 5.97 Å². The van der Waals surface area contributed by atoms with Crippen LogP contribution in [0.25, 0.3) is 0 Å². The van der Waals surface area contributed by atoms with Crippen LogP contribution in [0.1, 0.15) is 55.8 Å². The highest BCUT2D eigenvalue weighted by Crippen LogP contribution is 2.35. The molecule has 1 aliphatic rings. The maximum absolute atomic E-state index is 11.9. The van der Waals surface area contributed by atoms with E-state index in [0.717, 1.165) is 0 Å². The molecule has 0 atom stereocenters. The minimum Gasteiger partial charge on any atom is -0.462 e. The molecule has 0 spiro atoms. The van der Waals surface area contributed by atoms with Gasteiger partial charge in [-0.05, 0) is 31.9 Å². The largest absolute Gasteiger partial charge is 0.462 e. The van der Waals surface area contributed by atoms with Crippen molar-refractivity contribution in [3.8, 4) is 0 Å². The van der Waals surface area contributed by atoms with E-state index in [1.54, 1.807) is 31.2 Å². The van der Waals surface area contributed by atoms with Crippen LogP contribution in [0.15, 0.2) is 30.3 Å². The molecule has 0 bridgehead atoms. The molecule has 0 saturated heterocycles. The Morgan fingerprint density at radius 2 is 1.67 bits per heavy atom. The van der Waals surface area contributed by atoms with Gasteiger partial charge in [-0.2, -0.15) is 0 Å². The minimum atomic E-state index is -0.977. The van der Waals surface area contributed by atoms with Crippen LogP contribution in [0.5, 0.6) is 0 Å². The Balaban J connectivity index is 1.66. The van der Waals surface area contributed by atoms with Crippen molar-refractivity contribution in [2.24, 2.45) is 5.41 Å². The summed E-state index contributed by atoms with van der Waals surface area (Å²) in [4.78, 5) is 47.2. The van der Waals surface area contributed by atoms with Crippen LogP contribution in [0.2, 0.25) is 0 Å². The van der Waals surface area contributed by atoms with Gasteiger partial charge in [0.05, 0.1) is 17.6 Å². The Morgan fingerprint density at radius 1 is 1.04 bits per heavy atom. The van der Waals surface area contributed by atoms with Crippen LogP contribution in [0.4, 0.5) is 0 Å². The second-order valence-corrected chi connectivity index (χ2v) is 6.32. The van der Waals surface area contributed by atoms with E-state index in [1.165, 1.54) is 0 Å². The Hall–Kier alpha value is -2.30. The predicted octanol–water partition coefficient (Wildman–Crippen LogP) is 2.91. The molecule has 0 aliphatic heterocycles. The van der Waals surface area contributed by atoms with E-state index in [2.05, 4.69) is 0 Å². The van der Waals surface area contributed by atoms with Gasteiger partial charge in [0.25, 0.3) is 0 Å². The van der Waals surface area contributed by atoms with Gasteiger partial charge in [-0.15, -0.1) is 0 Å². The smallest absolute Gasteiger partial charge is 0.338 e. The summed E-state index contributed by atoms with van der Waals surface area (Å²) in [5, 5.41) is 0. The molecule has 0 amide bonds. The number of hydrogen-bond acceptors (Lipinski definition) is 5. The van der Waals surface area contributed by atoms with Gasteiger partial charge in [0, 0.05) is 25.7 Å². The first kappa shape index (κ1) is 18.0. The maximum atomic E-state index is 11.9. The Labute approximate surface area is 141 Å². The van der Waals surface area contributed by atoms with Gasteiger partial charge in [-0.25, -0.2) is 4.79 Å². The summed E-state index contributed by atoms with van der Waals surface area (Å²) in [6.45, 7) is 1.81. The zero-order chi connectivity index (χ0) is 17.6. The zero-order valence-electron chi connectivity index (χ0n) is 13.9. The quantitative estimate of drug-likeness (QED) is 0.416. The summed E-state index contributed by atoms with van der Waals surface area (Å²) in [6.07, 6.45) is 1.79. The third kappa shape index (κ3) is 4.37. The first-order valence-corrected chi connectivity index (χ1v) is 8.24. The normalized spacial score (nSPS) is 16.2. The van der Waals surface area contributed by atoms with Gasteiger partial charge < -0.3 is 4.74 Å². The number of Topliss-reactive ketones (excluding diaryl/α,β-unsaturated/α-hetero) is 3. The molecule has 1 aromatic rings. The first-order valence-electron chi connectivity index (χ1n) is 8.24. The van der Waals surface area contributed by atoms with Crippen molar-refractivity contribution in [1.29, 1.82) is 0 Å². The van der Waals surface area contributed by atoms with Gasteiger partial charge in [0.1, 0.15) is 17.3 Å². The monoisotopic (exact) mass is 330 g/mol. The van der Waals surface area contributed by atoms with E-state index in [1.807, 2.05) is 6.07 Å². The highest BCUT2D eigenvalue weighted by Gasteiger charge is 2.44. The number of carbonyl (C=O) groups is 4. The van der Waals surface area contributed by atoms with Gasteiger partial charge in [0.15, 0.2) is 0 Å². The highest BCUT2D eigenvalue weighted by molar-refractivity contribution is 6.12. The summed E-state index contributed by atoms with van der Waals surface area (Å²) in [7, 11) is 0.